The Morgan fingerprint density at radius 3 is 2.56 bits per heavy atom. The van der Waals surface area contributed by atoms with Crippen LogP contribution in [0.4, 0.5) is 0 Å². The minimum Gasteiger partial charge on any atom is -0.465 e. The van der Waals surface area contributed by atoms with Crippen LogP contribution in [0.2, 0.25) is 0 Å². The summed E-state index contributed by atoms with van der Waals surface area (Å²) in [6.45, 7) is 2.17. The molecule has 0 saturated heterocycles. The van der Waals surface area contributed by atoms with Gasteiger partial charge in [-0.1, -0.05) is 37.3 Å². The number of carbonyl (C=O) groups excluding carboxylic acids is 1. The van der Waals surface area contributed by atoms with Crippen molar-refractivity contribution in [3.63, 3.8) is 0 Å². The van der Waals surface area contributed by atoms with Gasteiger partial charge in [0.15, 0.2) is 0 Å². The maximum Gasteiger partial charge on any atom is 0.337 e. The number of benzene rings is 2. The molecule has 1 unspecified atom stereocenters. The van der Waals surface area contributed by atoms with E-state index in [0.29, 0.717) is 11.5 Å². The molecule has 0 saturated carbocycles. The summed E-state index contributed by atoms with van der Waals surface area (Å²) in [5.74, 6) is 0.0572. The first-order chi connectivity index (χ1) is 8.72. The van der Waals surface area contributed by atoms with Gasteiger partial charge in [0.2, 0.25) is 0 Å². The Hall–Kier alpha value is -2.09. The number of rotatable bonds is 1. The van der Waals surface area contributed by atoms with Crippen molar-refractivity contribution in [3.05, 3.63) is 59.2 Å². The van der Waals surface area contributed by atoms with E-state index in [1.54, 1.807) is 0 Å². The molecule has 0 fully saturated rings. The number of carbonyl (C=O) groups is 1. The van der Waals surface area contributed by atoms with E-state index in [2.05, 4.69) is 31.2 Å². The largest absolute Gasteiger partial charge is 0.465 e. The van der Waals surface area contributed by atoms with E-state index in [1.807, 2.05) is 18.2 Å². The van der Waals surface area contributed by atoms with Crippen molar-refractivity contribution in [3.8, 4) is 11.1 Å². The van der Waals surface area contributed by atoms with Gasteiger partial charge in [0.25, 0.3) is 0 Å². The van der Waals surface area contributed by atoms with Crippen molar-refractivity contribution in [2.45, 2.75) is 12.8 Å². The lowest BCUT2D eigenvalue weighted by molar-refractivity contribution is 0.0600. The van der Waals surface area contributed by atoms with E-state index < -0.39 is 0 Å². The minimum atomic E-state index is -0.277. The first-order valence-electron chi connectivity index (χ1n) is 6.04. The summed E-state index contributed by atoms with van der Waals surface area (Å²) in [7, 11) is 1.41. The van der Waals surface area contributed by atoms with Crippen molar-refractivity contribution >= 4 is 5.97 Å². The number of hydrogen-bond donors (Lipinski definition) is 0. The highest BCUT2D eigenvalue weighted by Gasteiger charge is 2.25. The molecule has 1 aliphatic carbocycles. The molecule has 0 amide bonds. The molecule has 2 aromatic carbocycles. The standard InChI is InChI=1S/C16H14O2/c1-10-12-5-3-4-6-13(12)14-8-7-11(9-15(10)14)16(17)18-2/h3-10H,1-2H3. The molecule has 18 heavy (non-hydrogen) atoms. The molecule has 0 spiro atoms. The summed E-state index contributed by atoms with van der Waals surface area (Å²) in [4.78, 5) is 11.6. The Morgan fingerprint density at radius 1 is 1.06 bits per heavy atom. The third-order valence-electron chi connectivity index (χ3n) is 3.66. The van der Waals surface area contributed by atoms with Crippen molar-refractivity contribution < 1.29 is 9.53 Å². The van der Waals surface area contributed by atoms with E-state index in [4.69, 9.17) is 4.74 Å². The molecule has 2 aromatic rings. The molecule has 2 heteroatoms. The third-order valence-corrected chi connectivity index (χ3v) is 3.66. The van der Waals surface area contributed by atoms with Crippen molar-refractivity contribution in [1.29, 1.82) is 0 Å². The molecule has 0 bridgehead atoms. The molecule has 1 aliphatic rings. The van der Waals surface area contributed by atoms with Crippen LogP contribution in [0, 0.1) is 0 Å². The summed E-state index contributed by atoms with van der Waals surface area (Å²) >= 11 is 0. The molecule has 0 aromatic heterocycles. The lowest BCUT2D eigenvalue weighted by Gasteiger charge is -2.07. The van der Waals surface area contributed by atoms with E-state index in [-0.39, 0.29) is 5.97 Å². The van der Waals surface area contributed by atoms with E-state index in [9.17, 15) is 4.79 Å². The van der Waals surface area contributed by atoms with Crippen molar-refractivity contribution in [2.24, 2.45) is 0 Å². The second-order valence-corrected chi connectivity index (χ2v) is 4.60. The third kappa shape index (κ3) is 1.46. The van der Waals surface area contributed by atoms with Crippen LogP contribution in [0.3, 0.4) is 0 Å². The Balaban J connectivity index is 2.16. The van der Waals surface area contributed by atoms with Gasteiger partial charge >= 0.3 is 5.97 Å². The summed E-state index contributed by atoms with van der Waals surface area (Å²) in [6.07, 6.45) is 0. The number of methoxy groups -OCH3 is 1. The monoisotopic (exact) mass is 238 g/mol. The van der Waals surface area contributed by atoms with E-state index >= 15 is 0 Å². The maximum absolute atomic E-state index is 11.6. The van der Waals surface area contributed by atoms with Crippen molar-refractivity contribution in [2.75, 3.05) is 7.11 Å². The van der Waals surface area contributed by atoms with Crippen LogP contribution >= 0.6 is 0 Å². The summed E-state index contributed by atoms with van der Waals surface area (Å²) < 4.78 is 4.77. The molecule has 0 heterocycles. The van der Waals surface area contributed by atoms with E-state index in [1.165, 1.54) is 29.4 Å². The molecule has 0 N–H and O–H groups in total. The Labute approximate surface area is 106 Å². The van der Waals surface area contributed by atoms with Crippen LogP contribution in [0.5, 0.6) is 0 Å². The van der Waals surface area contributed by atoms with Crippen LogP contribution < -0.4 is 0 Å². The number of hydrogen-bond acceptors (Lipinski definition) is 2. The van der Waals surface area contributed by atoms with E-state index in [0.717, 1.165) is 0 Å². The molecule has 1 atom stereocenters. The first-order valence-corrected chi connectivity index (χ1v) is 6.04. The topological polar surface area (TPSA) is 26.3 Å². The molecular formula is C16H14O2. The van der Waals surface area contributed by atoms with Gasteiger partial charge in [-0.2, -0.15) is 0 Å². The zero-order valence-electron chi connectivity index (χ0n) is 10.4. The molecule has 2 nitrogen and oxygen atoms in total. The van der Waals surface area contributed by atoms with Gasteiger partial charge in [-0.05, 0) is 34.4 Å². The number of esters is 1. The average molecular weight is 238 g/mol. The SMILES string of the molecule is COC(=O)c1ccc2c(c1)C(C)c1ccccc1-2. The van der Waals surface area contributed by atoms with Gasteiger partial charge in [-0.25, -0.2) is 4.79 Å². The van der Waals surface area contributed by atoms with Gasteiger partial charge in [0.05, 0.1) is 12.7 Å². The van der Waals surface area contributed by atoms with Gasteiger partial charge in [-0.15, -0.1) is 0 Å². The van der Waals surface area contributed by atoms with Gasteiger partial charge in [0, 0.05) is 5.92 Å². The Bertz CT molecular complexity index is 629. The Kier molecular flexibility index (Phi) is 2.44. The number of ether oxygens (including phenoxy) is 1. The fourth-order valence-electron chi connectivity index (χ4n) is 2.70. The zero-order valence-corrected chi connectivity index (χ0v) is 10.4. The van der Waals surface area contributed by atoms with Crippen LogP contribution in [-0.2, 0) is 4.74 Å². The molecular weight excluding hydrogens is 224 g/mol. The quantitative estimate of drug-likeness (QED) is 0.709. The number of fused-ring (bicyclic) bond motifs is 3. The van der Waals surface area contributed by atoms with Crippen LogP contribution in [0.25, 0.3) is 11.1 Å². The predicted molar refractivity (Wildman–Crippen MR) is 70.7 cm³/mol. The normalized spacial score (nSPS) is 16.0. The smallest absolute Gasteiger partial charge is 0.337 e. The fraction of sp³-hybridized carbons (Fsp3) is 0.188. The maximum atomic E-state index is 11.6. The summed E-state index contributed by atoms with van der Waals surface area (Å²) in [5.41, 5.74) is 5.66. The lowest BCUT2D eigenvalue weighted by atomic mass is 9.98. The summed E-state index contributed by atoms with van der Waals surface area (Å²) in [6, 6.07) is 14.2. The summed E-state index contributed by atoms with van der Waals surface area (Å²) in [5, 5.41) is 0. The van der Waals surface area contributed by atoms with Gasteiger partial charge < -0.3 is 4.74 Å². The van der Waals surface area contributed by atoms with Crippen LogP contribution in [-0.4, -0.2) is 13.1 Å². The predicted octanol–water partition coefficient (Wildman–Crippen LogP) is 3.61. The van der Waals surface area contributed by atoms with Gasteiger partial charge in [-0.3, -0.25) is 0 Å². The molecule has 90 valence electrons. The minimum absolute atomic E-state index is 0.277. The lowest BCUT2D eigenvalue weighted by Crippen LogP contribution is -2.02. The highest BCUT2D eigenvalue weighted by molar-refractivity contribution is 5.91. The zero-order chi connectivity index (χ0) is 12.7. The Morgan fingerprint density at radius 2 is 1.78 bits per heavy atom. The van der Waals surface area contributed by atoms with Crippen LogP contribution in [0.15, 0.2) is 42.5 Å². The highest BCUT2D eigenvalue weighted by atomic mass is 16.5. The highest BCUT2D eigenvalue weighted by Crippen LogP contribution is 2.44. The average Bonchev–Trinajstić information content (AvgIpc) is 2.72. The molecule has 3 rings (SSSR count). The second kappa shape index (κ2) is 3.98. The fourth-order valence-corrected chi connectivity index (χ4v) is 2.70. The van der Waals surface area contributed by atoms with Gasteiger partial charge in [0.1, 0.15) is 0 Å². The first kappa shape index (κ1) is 11.0. The van der Waals surface area contributed by atoms with Crippen LogP contribution in [0.1, 0.15) is 34.3 Å². The van der Waals surface area contributed by atoms with Crippen molar-refractivity contribution in [1.82, 2.24) is 0 Å². The second-order valence-electron chi connectivity index (χ2n) is 4.60. The molecule has 0 radical (unpaired) electrons. The molecule has 0 aliphatic heterocycles.